The first-order valence-electron chi connectivity index (χ1n) is 7.00. The summed E-state index contributed by atoms with van der Waals surface area (Å²) in [6.45, 7) is 3.33. The highest BCUT2D eigenvalue weighted by Gasteiger charge is 2.35. The van der Waals surface area contributed by atoms with Gasteiger partial charge in [-0.2, -0.15) is 0 Å². The van der Waals surface area contributed by atoms with Crippen molar-refractivity contribution < 1.29 is 14.0 Å². The van der Waals surface area contributed by atoms with Crippen molar-refractivity contribution >= 4 is 5.71 Å². The average molecular weight is 288 g/mol. The molecule has 1 aromatic rings. The summed E-state index contributed by atoms with van der Waals surface area (Å²) in [5, 5.41) is 4.15. The second kappa shape index (κ2) is 6.15. The van der Waals surface area contributed by atoms with Crippen molar-refractivity contribution in [2.75, 3.05) is 33.4 Å². The van der Waals surface area contributed by atoms with E-state index in [-0.39, 0.29) is 12.4 Å². The molecule has 4 nitrogen and oxygen atoms in total. The Balaban J connectivity index is 1.56. The number of fused-ring (bicyclic) bond motifs is 2. The lowest BCUT2D eigenvalue weighted by atomic mass is 10.0. The number of halogens is 1. The Morgan fingerprint density at radius 3 is 3.10 bits per heavy atom. The van der Waals surface area contributed by atoms with E-state index in [1.54, 1.807) is 18.2 Å². The molecule has 1 unspecified atom stereocenters. The van der Waals surface area contributed by atoms with Gasteiger partial charge in [0.1, 0.15) is 0 Å². The fourth-order valence-electron chi connectivity index (χ4n) is 2.75. The molecule has 0 radical (unpaired) electrons. The molecule has 0 amide bonds. The van der Waals surface area contributed by atoms with Crippen LogP contribution < -0.4 is 4.74 Å². The Kier molecular flexibility index (Phi) is 4.07. The van der Waals surface area contributed by atoms with E-state index in [2.05, 4.69) is 21.9 Å². The maximum Gasteiger partial charge on any atom is 0.180 e. The number of piperidine rings is 1. The van der Waals surface area contributed by atoms with E-state index in [1.165, 1.54) is 20.1 Å². The Morgan fingerprint density at radius 1 is 1.48 bits per heavy atom. The van der Waals surface area contributed by atoms with Gasteiger partial charge in [0.15, 0.2) is 18.2 Å². The molecule has 2 bridgehead atoms. The Morgan fingerprint density at radius 2 is 2.38 bits per heavy atom. The van der Waals surface area contributed by atoms with Crippen molar-refractivity contribution in [3.8, 4) is 17.6 Å². The zero-order valence-corrected chi connectivity index (χ0v) is 11.9. The van der Waals surface area contributed by atoms with E-state index >= 15 is 0 Å². The van der Waals surface area contributed by atoms with Crippen molar-refractivity contribution in [1.82, 2.24) is 4.90 Å². The van der Waals surface area contributed by atoms with Crippen LogP contribution in [0.1, 0.15) is 12.0 Å². The van der Waals surface area contributed by atoms with Crippen LogP contribution in [0.2, 0.25) is 0 Å². The molecule has 2 saturated heterocycles. The molecule has 5 heteroatoms. The Bertz CT molecular complexity index is 618. The second-order valence-electron chi connectivity index (χ2n) is 5.20. The second-order valence-corrected chi connectivity index (χ2v) is 5.20. The van der Waals surface area contributed by atoms with Gasteiger partial charge in [0.05, 0.1) is 18.4 Å². The smallest absolute Gasteiger partial charge is 0.180 e. The van der Waals surface area contributed by atoms with Crippen molar-refractivity contribution in [2.45, 2.75) is 6.42 Å². The van der Waals surface area contributed by atoms with E-state index in [0.29, 0.717) is 11.5 Å². The van der Waals surface area contributed by atoms with Crippen LogP contribution in [0.25, 0.3) is 0 Å². The Hall–Kier alpha value is -2.06. The van der Waals surface area contributed by atoms with Crippen LogP contribution in [0, 0.1) is 23.6 Å². The van der Waals surface area contributed by atoms with E-state index in [9.17, 15) is 4.39 Å². The molecule has 0 aliphatic carbocycles. The van der Waals surface area contributed by atoms with Gasteiger partial charge in [0, 0.05) is 19.0 Å². The highest BCUT2D eigenvalue weighted by molar-refractivity contribution is 5.91. The summed E-state index contributed by atoms with van der Waals surface area (Å²) >= 11 is 0. The minimum absolute atomic E-state index is 0.160. The van der Waals surface area contributed by atoms with E-state index in [0.717, 1.165) is 18.8 Å². The maximum atomic E-state index is 13.8. The number of rotatable bonds is 3. The predicted molar refractivity (Wildman–Crippen MR) is 77.8 cm³/mol. The third kappa shape index (κ3) is 3.01. The summed E-state index contributed by atoms with van der Waals surface area (Å²) in [6.07, 6.45) is 1.17. The third-order valence-electron chi connectivity index (χ3n) is 3.85. The highest BCUT2D eigenvalue weighted by Crippen LogP contribution is 2.25. The zero-order valence-electron chi connectivity index (χ0n) is 11.9. The summed E-state index contributed by atoms with van der Waals surface area (Å²) in [5.41, 5.74) is 1.41. The molecule has 110 valence electrons. The fourth-order valence-corrected chi connectivity index (χ4v) is 2.75. The van der Waals surface area contributed by atoms with E-state index < -0.39 is 5.82 Å². The van der Waals surface area contributed by atoms with Gasteiger partial charge >= 0.3 is 0 Å². The van der Waals surface area contributed by atoms with Gasteiger partial charge < -0.3 is 9.57 Å². The number of hydrogen-bond acceptors (Lipinski definition) is 4. The molecule has 2 atom stereocenters. The quantitative estimate of drug-likeness (QED) is 0.484. The van der Waals surface area contributed by atoms with Gasteiger partial charge in [0.2, 0.25) is 0 Å². The molecule has 0 spiro atoms. The molecule has 2 fully saturated rings. The molecule has 0 N–H and O–H groups in total. The minimum atomic E-state index is -0.445. The highest BCUT2D eigenvalue weighted by atomic mass is 19.1. The van der Waals surface area contributed by atoms with Crippen LogP contribution in [0.4, 0.5) is 4.39 Å². The first-order valence-corrected chi connectivity index (χ1v) is 7.00. The number of nitrogens with zero attached hydrogens (tertiary/aromatic N) is 2. The van der Waals surface area contributed by atoms with Crippen LogP contribution in [-0.4, -0.2) is 44.0 Å². The summed E-state index contributed by atoms with van der Waals surface area (Å²) in [5.74, 6) is 5.81. The number of methoxy groups -OCH3 is 1. The first kappa shape index (κ1) is 13.9. The number of hydrogen-bond donors (Lipinski definition) is 0. The van der Waals surface area contributed by atoms with Crippen molar-refractivity contribution in [3.63, 3.8) is 0 Å². The van der Waals surface area contributed by atoms with Gasteiger partial charge in [-0.3, -0.25) is 4.90 Å². The molecule has 1 aromatic carbocycles. The molecule has 0 saturated carbocycles. The topological polar surface area (TPSA) is 34.1 Å². The molecule has 21 heavy (non-hydrogen) atoms. The van der Waals surface area contributed by atoms with Gasteiger partial charge in [-0.15, -0.1) is 0 Å². The lowest BCUT2D eigenvalue weighted by Gasteiger charge is -2.12. The summed E-state index contributed by atoms with van der Waals surface area (Å²) in [6, 6.07) is 4.88. The molecular formula is C16H17FN2O2. The van der Waals surface area contributed by atoms with Crippen LogP contribution in [0.3, 0.4) is 0 Å². The molecule has 3 rings (SSSR count). The van der Waals surface area contributed by atoms with E-state index in [4.69, 9.17) is 9.57 Å². The molecule has 2 heterocycles. The normalized spacial score (nSPS) is 24.8. The monoisotopic (exact) mass is 288 g/mol. The van der Waals surface area contributed by atoms with Gasteiger partial charge in [-0.25, -0.2) is 4.39 Å². The van der Waals surface area contributed by atoms with Crippen LogP contribution in [0.15, 0.2) is 23.4 Å². The zero-order chi connectivity index (χ0) is 14.7. The van der Waals surface area contributed by atoms with Gasteiger partial charge in [-0.05, 0) is 25.1 Å². The van der Waals surface area contributed by atoms with Crippen molar-refractivity contribution in [2.24, 2.45) is 11.1 Å². The fraction of sp³-hybridized carbons (Fsp3) is 0.438. The van der Waals surface area contributed by atoms with Gasteiger partial charge in [0.25, 0.3) is 0 Å². The van der Waals surface area contributed by atoms with Crippen molar-refractivity contribution in [3.05, 3.63) is 29.6 Å². The van der Waals surface area contributed by atoms with Gasteiger partial charge in [-0.1, -0.05) is 23.1 Å². The average Bonchev–Trinajstić information content (AvgIpc) is 3.11. The number of benzene rings is 1. The third-order valence-corrected chi connectivity index (χ3v) is 3.85. The minimum Gasteiger partial charge on any atom is -0.494 e. The van der Waals surface area contributed by atoms with Crippen LogP contribution >= 0.6 is 0 Å². The van der Waals surface area contributed by atoms with Crippen LogP contribution in [-0.2, 0) is 4.84 Å². The molecule has 0 aromatic heterocycles. The SMILES string of the molecule is COc1cccc(C#CCO/N=C2\CN3CC[C@@H]2C3)c1F. The molecular weight excluding hydrogens is 271 g/mol. The van der Waals surface area contributed by atoms with E-state index in [1.807, 2.05) is 0 Å². The largest absolute Gasteiger partial charge is 0.494 e. The standard InChI is InChI=1S/C16H17FN2O2/c1-20-15-6-2-4-12(16(15)17)5-3-9-21-18-14-11-19-8-7-13(14)10-19/h2,4,6,13H,7-11H2,1H3/b18-14+/t13-/m1/s1. The predicted octanol–water partition coefficient (Wildman–Crippen LogP) is 1.89. The molecule has 2 aliphatic rings. The Labute approximate surface area is 123 Å². The summed E-state index contributed by atoms with van der Waals surface area (Å²) in [4.78, 5) is 7.59. The van der Waals surface area contributed by atoms with Crippen molar-refractivity contribution in [1.29, 1.82) is 0 Å². The lowest BCUT2D eigenvalue weighted by molar-refractivity contribution is 0.177. The summed E-state index contributed by atoms with van der Waals surface area (Å²) in [7, 11) is 1.43. The lowest BCUT2D eigenvalue weighted by Crippen LogP contribution is -2.23. The van der Waals surface area contributed by atoms with Crippen LogP contribution in [0.5, 0.6) is 5.75 Å². The molecule has 2 aliphatic heterocycles. The first-order chi connectivity index (χ1) is 10.3. The number of oxime groups is 1. The number of ether oxygens (including phenoxy) is 1. The maximum absolute atomic E-state index is 13.8. The summed E-state index contributed by atoms with van der Waals surface area (Å²) < 4.78 is 18.7.